The van der Waals surface area contributed by atoms with E-state index in [1.54, 1.807) is 31.3 Å². The number of carbonyl (C=O) groups is 1. The van der Waals surface area contributed by atoms with Crippen molar-refractivity contribution < 1.29 is 4.79 Å². The van der Waals surface area contributed by atoms with E-state index in [1.165, 1.54) is 4.90 Å². The summed E-state index contributed by atoms with van der Waals surface area (Å²) in [6.45, 7) is 0. The standard InChI is InChI=1S/C9H11ClN2O/c1-12(9(13)6-10)8-4-2-7(11)3-5-8/h2-5H,6,11H2,1H3. The van der Waals surface area contributed by atoms with Gasteiger partial charge in [-0.1, -0.05) is 0 Å². The van der Waals surface area contributed by atoms with Crippen molar-refractivity contribution >= 4 is 28.9 Å². The van der Waals surface area contributed by atoms with E-state index in [0.29, 0.717) is 5.69 Å². The van der Waals surface area contributed by atoms with Gasteiger partial charge in [-0.2, -0.15) is 0 Å². The molecular weight excluding hydrogens is 188 g/mol. The van der Waals surface area contributed by atoms with E-state index < -0.39 is 0 Å². The molecule has 0 radical (unpaired) electrons. The minimum Gasteiger partial charge on any atom is -0.399 e. The van der Waals surface area contributed by atoms with Gasteiger partial charge in [0.15, 0.2) is 0 Å². The molecule has 1 amide bonds. The zero-order chi connectivity index (χ0) is 9.84. The number of hydrogen-bond acceptors (Lipinski definition) is 2. The predicted molar refractivity (Wildman–Crippen MR) is 55.0 cm³/mol. The maximum Gasteiger partial charge on any atom is 0.241 e. The van der Waals surface area contributed by atoms with Gasteiger partial charge < -0.3 is 10.6 Å². The molecule has 70 valence electrons. The van der Waals surface area contributed by atoms with Crippen LogP contribution in [-0.4, -0.2) is 18.8 Å². The summed E-state index contributed by atoms with van der Waals surface area (Å²) in [5, 5.41) is 0. The molecule has 0 aliphatic heterocycles. The first-order valence-electron chi connectivity index (χ1n) is 3.83. The molecule has 1 rings (SSSR count). The van der Waals surface area contributed by atoms with Crippen LogP contribution in [0.3, 0.4) is 0 Å². The first-order chi connectivity index (χ1) is 6.15. The number of nitrogen functional groups attached to an aromatic ring is 1. The predicted octanol–water partition coefficient (Wildman–Crippen LogP) is 1.47. The number of nitrogens with two attached hydrogens (primary N) is 1. The third kappa shape index (κ3) is 2.36. The second-order valence-corrected chi connectivity index (χ2v) is 2.95. The van der Waals surface area contributed by atoms with E-state index in [4.69, 9.17) is 17.3 Å². The number of rotatable bonds is 2. The second kappa shape index (κ2) is 4.14. The highest BCUT2D eigenvalue weighted by molar-refractivity contribution is 6.29. The molecule has 0 heterocycles. The number of amides is 1. The molecule has 0 saturated carbocycles. The van der Waals surface area contributed by atoms with E-state index >= 15 is 0 Å². The molecule has 0 fully saturated rings. The van der Waals surface area contributed by atoms with Crippen molar-refractivity contribution in [3.8, 4) is 0 Å². The average molecular weight is 199 g/mol. The van der Waals surface area contributed by atoms with Gasteiger partial charge in [-0.15, -0.1) is 11.6 Å². The SMILES string of the molecule is CN(C(=O)CCl)c1ccc(N)cc1. The van der Waals surface area contributed by atoms with Crippen molar-refractivity contribution in [1.29, 1.82) is 0 Å². The molecule has 13 heavy (non-hydrogen) atoms. The Morgan fingerprint density at radius 3 is 2.46 bits per heavy atom. The number of carbonyl (C=O) groups excluding carboxylic acids is 1. The molecule has 0 saturated heterocycles. The van der Waals surface area contributed by atoms with Gasteiger partial charge in [0.1, 0.15) is 5.88 Å². The molecule has 0 spiro atoms. The van der Waals surface area contributed by atoms with Crippen molar-refractivity contribution in [2.45, 2.75) is 0 Å². The van der Waals surface area contributed by atoms with Gasteiger partial charge in [-0.05, 0) is 24.3 Å². The zero-order valence-corrected chi connectivity index (χ0v) is 8.08. The highest BCUT2D eigenvalue weighted by Crippen LogP contribution is 2.14. The minimum atomic E-state index is -0.133. The molecule has 0 aromatic heterocycles. The van der Waals surface area contributed by atoms with Gasteiger partial charge in [0.05, 0.1) is 0 Å². The molecule has 0 unspecified atom stereocenters. The number of anilines is 2. The van der Waals surface area contributed by atoms with Crippen LogP contribution in [0.1, 0.15) is 0 Å². The summed E-state index contributed by atoms with van der Waals surface area (Å²) < 4.78 is 0. The third-order valence-corrected chi connectivity index (χ3v) is 2.00. The Balaban J connectivity index is 2.83. The van der Waals surface area contributed by atoms with Gasteiger partial charge >= 0.3 is 0 Å². The van der Waals surface area contributed by atoms with Gasteiger partial charge in [-0.3, -0.25) is 4.79 Å². The summed E-state index contributed by atoms with van der Waals surface area (Å²) in [7, 11) is 1.68. The molecule has 0 bridgehead atoms. The quantitative estimate of drug-likeness (QED) is 0.578. The highest BCUT2D eigenvalue weighted by Gasteiger charge is 2.07. The lowest BCUT2D eigenvalue weighted by Crippen LogP contribution is -2.27. The van der Waals surface area contributed by atoms with E-state index in [-0.39, 0.29) is 11.8 Å². The third-order valence-electron chi connectivity index (χ3n) is 1.77. The highest BCUT2D eigenvalue weighted by atomic mass is 35.5. The Morgan fingerprint density at radius 2 is 2.00 bits per heavy atom. The molecule has 2 N–H and O–H groups in total. The zero-order valence-electron chi connectivity index (χ0n) is 7.33. The van der Waals surface area contributed by atoms with Gasteiger partial charge in [0.2, 0.25) is 5.91 Å². The van der Waals surface area contributed by atoms with Crippen LogP contribution in [0, 0.1) is 0 Å². The summed E-state index contributed by atoms with van der Waals surface area (Å²) >= 11 is 5.41. The Morgan fingerprint density at radius 1 is 1.46 bits per heavy atom. The fraction of sp³-hybridized carbons (Fsp3) is 0.222. The number of nitrogens with zero attached hydrogens (tertiary/aromatic N) is 1. The Kier molecular flexibility index (Phi) is 3.14. The molecule has 0 aliphatic carbocycles. The average Bonchev–Trinajstić information content (AvgIpc) is 2.17. The molecule has 1 aromatic carbocycles. The van der Waals surface area contributed by atoms with Crippen LogP contribution < -0.4 is 10.6 Å². The van der Waals surface area contributed by atoms with Crippen LogP contribution in [0.4, 0.5) is 11.4 Å². The molecule has 4 heteroatoms. The number of halogens is 1. The topological polar surface area (TPSA) is 46.3 Å². The number of benzene rings is 1. The monoisotopic (exact) mass is 198 g/mol. The van der Waals surface area contributed by atoms with Crippen molar-refractivity contribution in [2.75, 3.05) is 23.6 Å². The fourth-order valence-electron chi connectivity index (χ4n) is 0.932. The van der Waals surface area contributed by atoms with Crippen LogP contribution in [0.15, 0.2) is 24.3 Å². The van der Waals surface area contributed by atoms with Crippen LogP contribution in [0.25, 0.3) is 0 Å². The lowest BCUT2D eigenvalue weighted by atomic mass is 10.2. The summed E-state index contributed by atoms with van der Waals surface area (Å²) in [5.74, 6) is -0.146. The Labute approximate surface area is 82.1 Å². The minimum absolute atomic E-state index is 0.0130. The first kappa shape index (κ1) is 9.86. The first-order valence-corrected chi connectivity index (χ1v) is 4.36. The van der Waals surface area contributed by atoms with Gasteiger partial charge in [0.25, 0.3) is 0 Å². The lowest BCUT2D eigenvalue weighted by molar-refractivity contribution is -0.116. The van der Waals surface area contributed by atoms with Gasteiger partial charge in [-0.25, -0.2) is 0 Å². The fourth-order valence-corrected chi connectivity index (χ4v) is 1.11. The molecule has 0 aliphatic rings. The summed E-state index contributed by atoms with van der Waals surface area (Å²) in [5.41, 5.74) is 6.97. The molecular formula is C9H11ClN2O. The van der Waals surface area contributed by atoms with E-state index in [9.17, 15) is 4.79 Å². The van der Waals surface area contributed by atoms with Crippen molar-refractivity contribution in [1.82, 2.24) is 0 Å². The van der Waals surface area contributed by atoms with Crippen LogP contribution >= 0.6 is 11.6 Å². The van der Waals surface area contributed by atoms with Crippen molar-refractivity contribution in [3.63, 3.8) is 0 Å². The van der Waals surface area contributed by atoms with E-state index in [2.05, 4.69) is 0 Å². The molecule has 1 aromatic rings. The van der Waals surface area contributed by atoms with Crippen molar-refractivity contribution in [3.05, 3.63) is 24.3 Å². The van der Waals surface area contributed by atoms with Crippen molar-refractivity contribution in [2.24, 2.45) is 0 Å². The Bertz CT molecular complexity index is 297. The van der Waals surface area contributed by atoms with Crippen LogP contribution in [-0.2, 0) is 4.79 Å². The van der Waals surface area contributed by atoms with Crippen LogP contribution in [0.5, 0.6) is 0 Å². The molecule has 3 nitrogen and oxygen atoms in total. The van der Waals surface area contributed by atoms with E-state index in [0.717, 1.165) is 5.69 Å². The summed E-state index contributed by atoms with van der Waals surface area (Å²) in [6, 6.07) is 7.04. The smallest absolute Gasteiger partial charge is 0.241 e. The number of hydrogen-bond donors (Lipinski definition) is 1. The second-order valence-electron chi connectivity index (χ2n) is 2.68. The largest absolute Gasteiger partial charge is 0.399 e. The maximum atomic E-state index is 11.2. The Hall–Kier alpha value is -1.22. The normalized spacial score (nSPS) is 9.69. The number of alkyl halides is 1. The summed E-state index contributed by atoms with van der Waals surface area (Å²) in [6.07, 6.45) is 0. The van der Waals surface area contributed by atoms with Crippen LogP contribution in [0.2, 0.25) is 0 Å². The summed E-state index contributed by atoms with van der Waals surface area (Å²) in [4.78, 5) is 12.7. The molecule has 0 atom stereocenters. The van der Waals surface area contributed by atoms with Gasteiger partial charge in [0, 0.05) is 18.4 Å². The van der Waals surface area contributed by atoms with E-state index in [1.807, 2.05) is 0 Å². The lowest BCUT2D eigenvalue weighted by Gasteiger charge is -2.15. The maximum absolute atomic E-state index is 11.2.